The van der Waals surface area contributed by atoms with Crippen LogP contribution in [0.1, 0.15) is 48.8 Å². The number of halogens is 6. The van der Waals surface area contributed by atoms with E-state index >= 15 is 0 Å². The molecule has 7 nitrogen and oxygen atoms in total. The molecule has 44 heavy (non-hydrogen) atoms. The molecular formula is C31H26F6N4O3. The molecule has 2 atom stereocenters. The second-order valence-electron chi connectivity index (χ2n) is 11.3. The number of aryl methyl sites for hydroxylation is 1. The zero-order valence-corrected chi connectivity index (χ0v) is 23.1. The number of hydrogen-bond donors (Lipinski definition) is 1. The number of nitrogens with zero attached hydrogens (tertiary/aromatic N) is 3. The molecule has 2 aliphatic carbocycles. The molecule has 6 rings (SSSR count). The normalized spacial score (nSPS) is 22.8. The number of benzene rings is 2. The number of fused-ring (bicyclic) bond motifs is 1. The molecule has 3 aliphatic rings. The molecule has 0 radical (unpaired) electrons. The lowest BCUT2D eigenvalue weighted by Crippen LogP contribution is -2.64. The molecule has 13 heteroatoms. The van der Waals surface area contributed by atoms with E-state index in [1.165, 1.54) is 12.1 Å². The third-order valence-electron chi connectivity index (χ3n) is 8.51. The van der Waals surface area contributed by atoms with Crippen molar-refractivity contribution in [1.29, 1.82) is 0 Å². The lowest BCUT2D eigenvalue weighted by atomic mass is 9.83. The number of aromatic nitrogens is 1. The van der Waals surface area contributed by atoms with Gasteiger partial charge in [0.2, 0.25) is 5.91 Å². The van der Waals surface area contributed by atoms with Crippen LogP contribution in [0.5, 0.6) is 0 Å². The SMILES string of the molecule is O=C1CC[C@@H](C(=O)N(c2cccc(F)c2)[C@@]2(C(=O)NC3CC(F)(F)C3)CCc3ccccc32)N1c1cc(C(F)(F)F)ccn1. The molecule has 3 aromatic rings. The van der Waals surface area contributed by atoms with Crippen molar-refractivity contribution < 1.29 is 40.7 Å². The first-order chi connectivity index (χ1) is 20.8. The third-order valence-corrected chi connectivity index (χ3v) is 8.51. The maximum absolute atomic E-state index is 14.7. The van der Waals surface area contributed by atoms with Crippen molar-refractivity contribution in [2.75, 3.05) is 9.80 Å². The first-order valence-electron chi connectivity index (χ1n) is 14.0. The Morgan fingerprint density at radius 1 is 1.00 bits per heavy atom. The van der Waals surface area contributed by atoms with Crippen LogP contribution < -0.4 is 15.1 Å². The van der Waals surface area contributed by atoms with Crippen LogP contribution in [-0.4, -0.2) is 40.7 Å². The van der Waals surface area contributed by atoms with Crippen LogP contribution in [0.4, 0.5) is 37.8 Å². The van der Waals surface area contributed by atoms with Crippen molar-refractivity contribution in [1.82, 2.24) is 10.3 Å². The molecule has 1 saturated carbocycles. The van der Waals surface area contributed by atoms with Crippen molar-refractivity contribution >= 4 is 29.2 Å². The number of rotatable bonds is 6. The van der Waals surface area contributed by atoms with Gasteiger partial charge in [-0.05, 0) is 60.7 Å². The third kappa shape index (κ3) is 5.07. The highest BCUT2D eigenvalue weighted by Gasteiger charge is 2.57. The van der Waals surface area contributed by atoms with Gasteiger partial charge in [0.1, 0.15) is 17.7 Å². The Balaban J connectivity index is 1.48. The van der Waals surface area contributed by atoms with Gasteiger partial charge in [-0.1, -0.05) is 30.3 Å². The topological polar surface area (TPSA) is 82.6 Å². The highest BCUT2D eigenvalue weighted by molar-refractivity contribution is 6.12. The lowest BCUT2D eigenvalue weighted by molar-refractivity contribution is -0.138. The number of nitrogens with one attached hydrogen (secondary N) is 1. The summed E-state index contributed by atoms with van der Waals surface area (Å²) in [5.41, 5.74) is -1.86. The van der Waals surface area contributed by atoms with Crippen LogP contribution in [0.25, 0.3) is 0 Å². The van der Waals surface area contributed by atoms with Gasteiger partial charge in [0.15, 0.2) is 5.54 Å². The van der Waals surface area contributed by atoms with Crippen molar-refractivity contribution in [2.45, 2.75) is 68.2 Å². The summed E-state index contributed by atoms with van der Waals surface area (Å²) >= 11 is 0. The maximum Gasteiger partial charge on any atom is 0.416 e. The number of alkyl halides is 5. The molecule has 2 fully saturated rings. The Morgan fingerprint density at radius 2 is 1.75 bits per heavy atom. The van der Waals surface area contributed by atoms with Gasteiger partial charge in [0.25, 0.3) is 17.7 Å². The summed E-state index contributed by atoms with van der Waals surface area (Å²) in [6.07, 6.45) is -5.04. The minimum absolute atomic E-state index is 0.00597. The number of amides is 3. The van der Waals surface area contributed by atoms with E-state index in [1.807, 2.05) is 0 Å². The fourth-order valence-corrected chi connectivity index (χ4v) is 6.46. The summed E-state index contributed by atoms with van der Waals surface area (Å²) in [5, 5.41) is 2.66. The number of hydrogen-bond acceptors (Lipinski definition) is 4. The van der Waals surface area contributed by atoms with Gasteiger partial charge in [0.05, 0.1) is 5.56 Å². The van der Waals surface area contributed by atoms with E-state index in [1.54, 1.807) is 24.3 Å². The van der Waals surface area contributed by atoms with E-state index in [0.29, 0.717) is 23.6 Å². The molecule has 0 bridgehead atoms. The van der Waals surface area contributed by atoms with E-state index < -0.39 is 77.5 Å². The molecule has 3 amide bonds. The predicted octanol–water partition coefficient (Wildman–Crippen LogP) is 5.52. The van der Waals surface area contributed by atoms with E-state index in [2.05, 4.69) is 10.3 Å². The summed E-state index contributed by atoms with van der Waals surface area (Å²) < 4.78 is 82.7. The van der Waals surface area contributed by atoms with Crippen LogP contribution in [0, 0.1) is 5.82 Å². The number of pyridine rings is 1. The van der Waals surface area contributed by atoms with Crippen molar-refractivity contribution in [2.24, 2.45) is 0 Å². The smallest absolute Gasteiger partial charge is 0.351 e. The molecule has 2 aromatic carbocycles. The molecule has 0 unspecified atom stereocenters. The fourth-order valence-electron chi connectivity index (χ4n) is 6.46. The maximum atomic E-state index is 14.7. The summed E-state index contributed by atoms with van der Waals surface area (Å²) in [5.74, 6) is -6.35. The average molecular weight is 617 g/mol. The van der Waals surface area contributed by atoms with Gasteiger partial charge in [-0.15, -0.1) is 0 Å². The number of carbonyl (C=O) groups excluding carboxylic acids is 3. The summed E-state index contributed by atoms with van der Waals surface area (Å²) in [6, 6.07) is 10.8. The Bertz CT molecular complexity index is 1640. The quantitative estimate of drug-likeness (QED) is 0.370. The molecule has 2 heterocycles. The Labute approximate surface area is 247 Å². The van der Waals surface area contributed by atoms with Crippen LogP contribution >= 0.6 is 0 Å². The van der Waals surface area contributed by atoms with Crippen LogP contribution in [0.15, 0.2) is 66.9 Å². The monoisotopic (exact) mass is 616 g/mol. The molecule has 230 valence electrons. The fraction of sp³-hybridized carbons (Fsp3) is 0.355. The molecule has 1 saturated heterocycles. The van der Waals surface area contributed by atoms with Gasteiger partial charge in [-0.2, -0.15) is 13.2 Å². The zero-order valence-electron chi connectivity index (χ0n) is 23.1. The van der Waals surface area contributed by atoms with Gasteiger partial charge >= 0.3 is 6.18 Å². The zero-order chi connectivity index (χ0) is 31.4. The lowest BCUT2D eigenvalue weighted by Gasteiger charge is -2.45. The second-order valence-corrected chi connectivity index (χ2v) is 11.3. The van der Waals surface area contributed by atoms with E-state index in [-0.39, 0.29) is 24.9 Å². The minimum Gasteiger partial charge on any atom is -0.351 e. The largest absolute Gasteiger partial charge is 0.416 e. The van der Waals surface area contributed by atoms with Crippen molar-refractivity contribution in [3.05, 3.63) is 89.4 Å². The minimum atomic E-state index is -4.75. The van der Waals surface area contributed by atoms with Gasteiger partial charge in [0, 0.05) is 37.2 Å². The van der Waals surface area contributed by atoms with Gasteiger partial charge < -0.3 is 5.32 Å². The highest BCUT2D eigenvalue weighted by Crippen LogP contribution is 2.47. The van der Waals surface area contributed by atoms with E-state index in [9.17, 15) is 40.7 Å². The molecule has 1 N–H and O–H groups in total. The molecule has 0 spiro atoms. The van der Waals surface area contributed by atoms with Crippen LogP contribution in [0.2, 0.25) is 0 Å². The first-order valence-corrected chi connectivity index (χ1v) is 14.0. The molecular weight excluding hydrogens is 590 g/mol. The summed E-state index contributed by atoms with van der Waals surface area (Å²) in [6.45, 7) is 0. The average Bonchev–Trinajstić information content (AvgIpc) is 3.53. The Kier molecular flexibility index (Phi) is 7.16. The van der Waals surface area contributed by atoms with Crippen LogP contribution in [0.3, 0.4) is 0 Å². The molecule has 1 aliphatic heterocycles. The van der Waals surface area contributed by atoms with Gasteiger partial charge in [-0.25, -0.2) is 18.2 Å². The Morgan fingerprint density at radius 3 is 2.45 bits per heavy atom. The summed E-state index contributed by atoms with van der Waals surface area (Å²) in [4.78, 5) is 48.0. The number of anilines is 2. The highest BCUT2D eigenvalue weighted by atomic mass is 19.4. The summed E-state index contributed by atoms with van der Waals surface area (Å²) in [7, 11) is 0. The van der Waals surface area contributed by atoms with Crippen LogP contribution in [-0.2, 0) is 32.5 Å². The van der Waals surface area contributed by atoms with Gasteiger partial charge in [-0.3, -0.25) is 24.2 Å². The standard InChI is InChI=1S/C31H26F6N4O3/c32-20-5-3-6-22(15-20)41(27(43)24-8-9-26(42)40(24)25-14-19(11-13-38-25)31(35,36)37)30(12-10-18-4-1-2-7-23(18)30)28(44)39-21-16-29(33,34)17-21/h1-7,11,13-15,21,24H,8-10,12,16-17H2,(H,39,44)/t24-,30-/m0/s1. The van der Waals surface area contributed by atoms with E-state index in [4.69, 9.17) is 0 Å². The molecule has 1 aromatic heterocycles. The predicted molar refractivity (Wildman–Crippen MR) is 146 cm³/mol. The van der Waals surface area contributed by atoms with Crippen molar-refractivity contribution in [3.8, 4) is 0 Å². The van der Waals surface area contributed by atoms with Crippen molar-refractivity contribution in [3.63, 3.8) is 0 Å². The first kappa shape index (κ1) is 29.6. The number of carbonyl (C=O) groups is 3. The second kappa shape index (κ2) is 10.6. The van der Waals surface area contributed by atoms with E-state index in [0.717, 1.165) is 34.2 Å². The Hall–Kier alpha value is -4.42.